The molecule has 1 amide bonds. The second-order valence-electron chi connectivity index (χ2n) is 5.32. The summed E-state index contributed by atoms with van der Waals surface area (Å²) >= 11 is 0. The summed E-state index contributed by atoms with van der Waals surface area (Å²) < 4.78 is 29.1. The van der Waals surface area contributed by atoms with Crippen LogP contribution in [-0.4, -0.2) is 24.5 Å². The number of nitrogens with one attached hydrogen (secondary N) is 2. The van der Waals surface area contributed by atoms with Crippen molar-refractivity contribution < 1.29 is 17.4 Å². The molecule has 3 rings (SSSR count). The highest BCUT2D eigenvalue weighted by molar-refractivity contribution is 7.85. The molecule has 0 spiro atoms. The maximum atomic E-state index is 11.5. The lowest BCUT2D eigenvalue weighted by Crippen LogP contribution is -2.30. The summed E-state index contributed by atoms with van der Waals surface area (Å²) in [4.78, 5) is 28.8. The van der Waals surface area contributed by atoms with Crippen LogP contribution < -0.4 is 16.0 Å². The maximum absolute atomic E-state index is 11.5. The van der Waals surface area contributed by atoms with Gasteiger partial charge >= 0.3 is 16.4 Å². The Morgan fingerprint density at radius 2 is 2.04 bits per heavy atom. The van der Waals surface area contributed by atoms with Crippen LogP contribution in [0.4, 0.5) is 4.79 Å². The Bertz CT molecular complexity index is 1140. The number of nitrogens with zero attached hydrogens (tertiary/aromatic N) is 1. The van der Waals surface area contributed by atoms with Gasteiger partial charge in [-0.25, -0.2) is 9.78 Å². The summed E-state index contributed by atoms with van der Waals surface area (Å²) in [5.74, 6) is 0. The smallest absolute Gasteiger partial charge is 0.334 e. The molecule has 0 atom stereocenters. The molecule has 0 radical (unpaired) electrons. The molecule has 134 valence electrons. The van der Waals surface area contributed by atoms with E-state index in [2.05, 4.69) is 18.9 Å². The van der Waals surface area contributed by atoms with Gasteiger partial charge in [-0.3, -0.25) is 4.79 Å². The van der Waals surface area contributed by atoms with Gasteiger partial charge in [-0.2, -0.15) is 13.1 Å². The van der Waals surface area contributed by atoms with Crippen LogP contribution in [0, 0.1) is 0 Å². The third-order valence-corrected chi connectivity index (χ3v) is 4.40. The number of aromatic amines is 1. The number of amides is 1. The maximum Gasteiger partial charge on any atom is 0.421 e. The highest BCUT2D eigenvalue weighted by Gasteiger charge is 2.14. The van der Waals surface area contributed by atoms with Crippen LogP contribution in [0.3, 0.4) is 0 Å². The number of primary amides is 1. The van der Waals surface area contributed by atoms with E-state index in [-0.39, 0.29) is 12.1 Å². The molecule has 9 nitrogen and oxygen atoms in total. The average molecular weight is 374 g/mol. The molecule has 0 fully saturated rings. The zero-order valence-corrected chi connectivity index (χ0v) is 14.1. The Hall–Kier alpha value is -3.24. The van der Waals surface area contributed by atoms with Crippen molar-refractivity contribution in [1.29, 1.82) is 0 Å². The van der Waals surface area contributed by atoms with Crippen LogP contribution in [0.2, 0.25) is 0 Å². The molecule has 0 bridgehead atoms. The van der Waals surface area contributed by atoms with E-state index in [1.54, 1.807) is 36.5 Å². The van der Waals surface area contributed by atoms with Gasteiger partial charge in [0.25, 0.3) is 0 Å². The van der Waals surface area contributed by atoms with E-state index in [0.29, 0.717) is 11.2 Å². The van der Waals surface area contributed by atoms with Crippen molar-refractivity contribution in [3.8, 4) is 11.1 Å². The van der Waals surface area contributed by atoms with Gasteiger partial charge in [0.1, 0.15) is 5.65 Å². The van der Waals surface area contributed by atoms with Crippen molar-refractivity contribution in [3.63, 3.8) is 0 Å². The molecule has 2 aromatic heterocycles. The van der Waals surface area contributed by atoms with Crippen molar-refractivity contribution in [1.82, 2.24) is 14.7 Å². The number of aromatic nitrogens is 2. The predicted octanol–water partition coefficient (Wildman–Crippen LogP) is 1.02. The standard InChI is InChI=1S/C16H14N4O5S/c17-16(22)25-26(23,24)19-9-10-2-1-3-11(8-10)12-6-7-18-15-13(12)4-5-14(21)20-15/h1-8,19H,9H2,(H2,17,22)(H,18,20,21). The van der Waals surface area contributed by atoms with E-state index in [9.17, 15) is 18.0 Å². The Morgan fingerprint density at radius 1 is 1.23 bits per heavy atom. The van der Waals surface area contributed by atoms with E-state index in [4.69, 9.17) is 5.73 Å². The highest BCUT2D eigenvalue weighted by Crippen LogP contribution is 2.26. The number of nitrogens with two attached hydrogens (primary N) is 1. The molecular weight excluding hydrogens is 360 g/mol. The zero-order chi connectivity index (χ0) is 18.7. The van der Waals surface area contributed by atoms with Crippen LogP contribution in [-0.2, 0) is 21.0 Å². The molecule has 4 N–H and O–H groups in total. The van der Waals surface area contributed by atoms with Gasteiger partial charge in [0.05, 0.1) is 0 Å². The lowest BCUT2D eigenvalue weighted by Gasteiger charge is -2.09. The molecule has 10 heteroatoms. The molecule has 26 heavy (non-hydrogen) atoms. The van der Waals surface area contributed by atoms with Crippen molar-refractivity contribution >= 4 is 27.4 Å². The zero-order valence-electron chi connectivity index (χ0n) is 13.3. The normalized spacial score (nSPS) is 11.4. The van der Waals surface area contributed by atoms with E-state index in [0.717, 1.165) is 16.5 Å². The molecule has 1 aromatic carbocycles. The number of H-pyrrole nitrogens is 1. The van der Waals surface area contributed by atoms with Gasteiger partial charge in [-0.1, -0.05) is 18.2 Å². The summed E-state index contributed by atoms with van der Waals surface area (Å²) in [5, 5.41) is 0.752. The molecule has 0 unspecified atom stereocenters. The SMILES string of the molecule is NC(=O)OS(=O)(=O)NCc1cccc(-c2ccnc3[nH]c(=O)ccc23)c1. The van der Waals surface area contributed by atoms with Gasteiger partial charge in [-0.05, 0) is 34.9 Å². The molecular formula is C16H14N4O5S. The summed E-state index contributed by atoms with van der Waals surface area (Å²) in [7, 11) is -4.27. The number of fused-ring (bicyclic) bond motifs is 1. The van der Waals surface area contributed by atoms with E-state index in [1.807, 2.05) is 6.07 Å². The Kier molecular flexibility index (Phi) is 4.69. The first-order valence-corrected chi connectivity index (χ1v) is 8.81. The largest absolute Gasteiger partial charge is 0.421 e. The summed E-state index contributed by atoms with van der Waals surface area (Å²) in [6, 6.07) is 12.0. The average Bonchev–Trinajstić information content (AvgIpc) is 2.58. The number of hydrogen-bond acceptors (Lipinski definition) is 6. The number of benzene rings is 1. The van der Waals surface area contributed by atoms with Crippen molar-refractivity contribution in [3.05, 3.63) is 64.6 Å². The Labute approximate surface area is 148 Å². The Balaban J connectivity index is 1.91. The quantitative estimate of drug-likeness (QED) is 0.608. The van der Waals surface area contributed by atoms with Crippen LogP contribution in [0.15, 0.2) is 53.5 Å². The monoisotopic (exact) mass is 374 g/mol. The number of rotatable bonds is 5. The summed E-state index contributed by atoms with van der Waals surface area (Å²) in [6.45, 7) is -0.0939. The molecule has 0 aliphatic carbocycles. The fourth-order valence-electron chi connectivity index (χ4n) is 2.47. The van der Waals surface area contributed by atoms with Gasteiger partial charge in [0.15, 0.2) is 0 Å². The summed E-state index contributed by atoms with van der Waals surface area (Å²) in [5.41, 5.74) is 7.16. The van der Waals surface area contributed by atoms with Gasteiger partial charge < -0.3 is 14.9 Å². The summed E-state index contributed by atoms with van der Waals surface area (Å²) in [6.07, 6.45) is 0.160. The minimum atomic E-state index is -4.27. The number of hydrogen-bond donors (Lipinski definition) is 3. The highest BCUT2D eigenvalue weighted by atomic mass is 32.2. The lowest BCUT2D eigenvalue weighted by atomic mass is 10.0. The van der Waals surface area contributed by atoms with Crippen LogP contribution in [0.1, 0.15) is 5.56 Å². The minimum absolute atomic E-state index is 0.0939. The van der Waals surface area contributed by atoms with Crippen LogP contribution in [0.5, 0.6) is 0 Å². The van der Waals surface area contributed by atoms with Crippen LogP contribution >= 0.6 is 0 Å². The third kappa shape index (κ3) is 4.05. The first-order chi connectivity index (χ1) is 12.3. The fourth-order valence-corrected chi connectivity index (χ4v) is 3.09. The van der Waals surface area contributed by atoms with Crippen molar-refractivity contribution in [2.24, 2.45) is 5.73 Å². The predicted molar refractivity (Wildman–Crippen MR) is 94.2 cm³/mol. The molecule has 2 heterocycles. The first-order valence-electron chi connectivity index (χ1n) is 7.40. The number of pyridine rings is 2. The molecule has 0 saturated heterocycles. The van der Waals surface area contributed by atoms with Gasteiger partial charge in [-0.15, -0.1) is 0 Å². The fraction of sp³-hybridized carbons (Fsp3) is 0.0625. The molecule has 0 saturated carbocycles. The van der Waals surface area contributed by atoms with Crippen LogP contribution in [0.25, 0.3) is 22.2 Å². The molecule has 0 aliphatic heterocycles. The first kappa shape index (κ1) is 17.6. The van der Waals surface area contributed by atoms with Gasteiger partial charge in [0, 0.05) is 24.2 Å². The molecule has 3 aromatic rings. The lowest BCUT2D eigenvalue weighted by molar-refractivity contribution is 0.212. The topological polar surface area (TPSA) is 144 Å². The second-order valence-corrected chi connectivity index (χ2v) is 6.68. The number of carbonyl (C=O) groups excluding carboxylic acids is 1. The van der Waals surface area contributed by atoms with Gasteiger partial charge in [0.2, 0.25) is 5.56 Å². The molecule has 0 aliphatic rings. The minimum Gasteiger partial charge on any atom is -0.334 e. The van der Waals surface area contributed by atoms with E-state index >= 15 is 0 Å². The third-order valence-electron chi connectivity index (χ3n) is 3.52. The van der Waals surface area contributed by atoms with E-state index < -0.39 is 16.4 Å². The second kappa shape index (κ2) is 6.94. The van der Waals surface area contributed by atoms with E-state index in [1.165, 1.54) is 6.07 Å². The van der Waals surface area contributed by atoms with Crippen molar-refractivity contribution in [2.75, 3.05) is 0 Å². The number of carbonyl (C=O) groups is 1. The van der Waals surface area contributed by atoms with Crippen molar-refractivity contribution in [2.45, 2.75) is 6.54 Å². The Morgan fingerprint density at radius 3 is 2.81 bits per heavy atom.